The van der Waals surface area contributed by atoms with Crippen molar-refractivity contribution in [3.63, 3.8) is 0 Å². The van der Waals surface area contributed by atoms with Crippen molar-refractivity contribution in [3.05, 3.63) is 63.1 Å². The van der Waals surface area contributed by atoms with Gasteiger partial charge >= 0.3 is 6.18 Å². The first-order valence-corrected chi connectivity index (χ1v) is 11.8. The Morgan fingerprint density at radius 2 is 1.85 bits per heavy atom. The Morgan fingerprint density at radius 3 is 2.53 bits per heavy atom. The highest BCUT2D eigenvalue weighted by Gasteiger charge is 2.33. The maximum Gasteiger partial charge on any atom is 0.416 e. The van der Waals surface area contributed by atoms with Crippen LogP contribution in [0.25, 0.3) is 0 Å². The number of nitrogens with one attached hydrogen (secondary N) is 2. The van der Waals surface area contributed by atoms with Crippen molar-refractivity contribution in [2.24, 2.45) is 0 Å². The van der Waals surface area contributed by atoms with Gasteiger partial charge in [0.2, 0.25) is 0 Å². The van der Waals surface area contributed by atoms with Crippen LogP contribution in [0.3, 0.4) is 0 Å². The van der Waals surface area contributed by atoms with Gasteiger partial charge in [-0.25, -0.2) is 0 Å². The molecule has 0 bridgehead atoms. The highest BCUT2D eigenvalue weighted by molar-refractivity contribution is 5.99. The highest BCUT2D eigenvalue weighted by atomic mass is 19.4. The van der Waals surface area contributed by atoms with E-state index in [-0.39, 0.29) is 29.8 Å². The average molecular weight is 478 g/mol. The van der Waals surface area contributed by atoms with E-state index in [9.17, 15) is 22.8 Å². The Kier molecular flexibility index (Phi) is 7.30. The van der Waals surface area contributed by atoms with Crippen LogP contribution in [0.5, 0.6) is 0 Å². The summed E-state index contributed by atoms with van der Waals surface area (Å²) in [7, 11) is 0. The monoisotopic (exact) mass is 477 g/mol. The number of benzene rings is 1. The predicted octanol–water partition coefficient (Wildman–Crippen LogP) is 4.81. The van der Waals surface area contributed by atoms with E-state index in [0.29, 0.717) is 42.9 Å². The van der Waals surface area contributed by atoms with E-state index in [1.54, 1.807) is 16.8 Å². The summed E-state index contributed by atoms with van der Waals surface area (Å²) in [6.45, 7) is 2.46. The van der Waals surface area contributed by atoms with Gasteiger partial charge in [-0.15, -0.1) is 0 Å². The lowest BCUT2D eigenvalue weighted by atomic mass is 10.0. The minimum absolute atomic E-state index is 0.0478. The van der Waals surface area contributed by atoms with Crippen LogP contribution in [-0.2, 0) is 17.5 Å². The molecule has 9 heteroatoms. The highest BCUT2D eigenvalue weighted by Crippen LogP contribution is 2.33. The summed E-state index contributed by atoms with van der Waals surface area (Å²) in [5.41, 5.74) is 0.382. The Labute approximate surface area is 196 Å². The number of carbonyl (C=O) groups excluding carboxylic acids is 1. The van der Waals surface area contributed by atoms with Gasteiger partial charge in [-0.3, -0.25) is 9.59 Å². The largest absolute Gasteiger partial charge is 0.416 e. The number of amides is 1. The van der Waals surface area contributed by atoms with E-state index in [1.807, 2.05) is 0 Å². The Hall–Kier alpha value is -2.81. The quantitative estimate of drug-likeness (QED) is 0.626. The molecular weight excluding hydrogens is 447 g/mol. The molecule has 2 fully saturated rings. The van der Waals surface area contributed by atoms with Crippen molar-refractivity contribution in [1.82, 2.24) is 9.88 Å². The average Bonchev–Trinajstić information content (AvgIpc) is 3.31. The molecule has 1 saturated heterocycles. The second kappa shape index (κ2) is 10.2. The molecule has 0 spiro atoms. The van der Waals surface area contributed by atoms with Crippen LogP contribution in [0.1, 0.15) is 71.6 Å². The molecule has 1 saturated carbocycles. The number of hydrogen-bond acceptors (Lipinski definition) is 4. The van der Waals surface area contributed by atoms with Crippen molar-refractivity contribution in [2.75, 3.05) is 18.5 Å². The molecule has 0 atom stereocenters. The van der Waals surface area contributed by atoms with Gasteiger partial charge in [-0.2, -0.15) is 13.2 Å². The predicted molar refractivity (Wildman–Crippen MR) is 123 cm³/mol. The summed E-state index contributed by atoms with van der Waals surface area (Å²) < 4.78 is 46.8. The molecule has 2 aromatic rings. The lowest BCUT2D eigenvalue weighted by molar-refractivity contribution is -0.138. The van der Waals surface area contributed by atoms with E-state index < -0.39 is 17.6 Å². The molecule has 1 aromatic heterocycles. The van der Waals surface area contributed by atoms with Crippen molar-refractivity contribution in [3.8, 4) is 0 Å². The Morgan fingerprint density at radius 1 is 1.15 bits per heavy atom. The number of halogens is 3. The first-order chi connectivity index (χ1) is 16.2. The van der Waals surface area contributed by atoms with Crippen LogP contribution in [0.4, 0.5) is 18.9 Å². The number of hydrogen-bond donors (Lipinski definition) is 2. The maximum atomic E-state index is 13.3. The molecule has 34 heavy (non-hydrogen) atoms. The molecule has 0 unspecified atom stereocenters. The summed E-state index contributed by atoms with van der Waals surface area (Å²) in [5.74, 6) is -0.432. The van der Waals surface area contributed by atoms with Crippen molar-refractivity contribution < 1.29 is 22.7 Å². The summed E-state index contributed by atoms with van der Waals surface area (Å²) in [6.07, 6.45) is 2.60. The first-order valence-electron chi connectivity index (χ1n) is 11.8. The fourth-order valence-corrected chi connectivity index (χ4v) is 4.84. The second-order valence-electron chi connectivity index (χ2n) is 9.09. The SMILES string of the molecule is Cc1c(CNC(=O)c2cn(C3CCOCC3)c(=O)cc2NC2CCCC2)cccc1C(F)(F)F. The third-order valence-corrected chi connectivity index (χ3v) is 6.82. The molecular formula is C25H30F3N3O3. The topological polar surface area (TPSA) is 72.4 Å². The normalized spacial score (nSPS) is 17.6. The standard InChI is InChI=1S/C25H30F3N3O3/c1-16-17(5-4-8-21(16)25(26,27)28)14-29-24(33)20-15-31(19-9-11-34-12-10-19)23(32)13-22(20)30-18-6-2-3-7-18/h4-5,8,13,15,18-19,30H,2-3,6-7,9-12,14H2,1H3,(H,29,33). The van der Waals surface area contributed by atoms with Crippen LogP contribution < -0.4 is 16.2 Å². The first kappa shape index (κ1) is 24.3. The van der Waals surface area contributed by atoms with Crippen LogP contribution in [0.2, 0.25) is 0 Å². The van der Waals surface area contributed by atoms with Crippen molar-refractivity contribution in [1.29, 1.82) is 0 Å². The molecule has 184 valence electrons. The van der Waals surface area contributed by atoms with E-state index >= 15 is 0 Å². The third-order valence-electron chi connectivity index (χ3n) is 6.82. The Balaban J connectivity index is 1.60. The third kappa shape index (κ3) is 5.46. The molecule has 6 nitrogen and oxygen atoms in total. The number of nitrogens with zero attached hydrogens (tertiary/aromatic N) is 1. The molecule has 0 radical (unpaired) electrons. The molecule has 2 heterocycles. The van der Waals surface area contributed by atoms with E-state index in [1.165, 1.54) is 19.1 Å². The fraction of sp³-hybridized carbons (Fsp3) is 0.520. The molecule has 4 rings (SSSR count). The number of rotatable bonds is 6. The van der Waals surface area contributed by atoms with E-state index in [4.69, 9.17) is 4.74 Å². The van der Waals surface area contributed by atoms with Gasteiger partial charge in [0.05, 0.1) is 16.8 Å². The summed E-state index contributed by atoms with van der Waals surface area (Å²) in [5, 5.41) is 6.12. The lowest BCUT2D eigenvalue weighted by Crippen LogP contribution is -2.33. The molecule has 1 aliphatic heterocycles. The smallest absolute Gasteiger partial charge is 0.381 e. The molecule has 1 aromatic carbocycles. The summed E-state index contributed by atoms with van der Waals surface area (Å²) in [6, 6.07) is 5.56. The molecule has 2 aliphatic rings. The number of ether oxygens (including phenoxy) is 1. The van der Waals surface area contributed by atoms with E-state index in [0.717, 1.165) is 31.7 Å². The zero-order valence-corrected chi connectivity index (χ0v) is 19.2. The number of aromatic nitrogens is 1. The number of anilines is 1. The van der Waals surface area contributed by atoms with Gasteiger partial charge in [0.15, 0.2) is 0 Å². The van der Waals surface area contributed by atoms with E-state index in [2.05, 4.69) is 10.6 Å². The van der Waals surface area contributed by atoms with Gasteiger partial charge in [-0.1, -0.05) is 25.0 Å². The lowest BCUT2D eigenvalue weighted by Gasteiger charge is -2.26. The number of carbonyl (C=O) groups is 1. The molecule has 1 aliphatic carbocycles. The minimum atomic E-state index is -4.46. The van der Waals surface area contributed by atoms with Gasteiger partial charge in [0.1, 0.15) is 0 Å². The maximum absolute atomic E-state index is 13.3. The summed E-state index contributed by atoms with van der Waals surface area (Å²) >= 11 is 0. The van der Waals surface area contributed by atoms with Crippen molar-refractivity contribution >= 4 is 11.6 Å². The van der Waals surface area contributed by atoms with Crippen LogP contribution in [0, 0.1) is 6.92 Å². The number of alkyl halides is 3. The Bertz CT molecular complexity index is 1090. The van der Waals surface area contributed by atoms with Crippen LogP contribution in [0.15, 0.2) is 35.3 Å². The zero-order chi connectivity index (χ0) is 24.3. The van der Waals surface area contributed by atoms with Gasteiger partial charge < -0.3 is 19.9 Å². The van der Waals surface area contributed by atoms with Gasteiger partial charge in [-0.05, 0) is 49.8 Å². The zero-order valence-electron chi connectivity index (χ0n) is 19.2. The second-order valence-corrected chi connectivity index (χ2v) is 9.09. The van der Waals surface area contributed by atoms with Gasteiger partial charge in [0, 0.05) is 44.1 Å². The van der Waals surface area contributed by atoms with Gasteiger partial charge in [0.25, 0.3) is 11.5 Å². The summed E-state index contributed by atoms with van der Waals surface area (Å²) in [4.78, 5) is 26.1. The minimum Gasteiger partial charge on any atom is -0.381 e. The van der Waals surface area contributed by atoms with Crippen LogP contribution >= 0.6 is 0 Å². The van der Waals surface area contributed by atoms with Crippen LogP contribution in [-0.4, -0.2) is 29.7 Å². The molecule has 2 N–H and O–H groups in total. The molecule has 1 amide bonds. The fourth-order valence-electron chi connectivity index (χ4n) is 4.84. The number of pyridine rings is 1. The van der Waals surface area contributed by atoms with Crippen molar-refractivity contribution in [2.45, 2.75) is 70.3 Å².